The minimum absolute atomic E-state index is 0.0206. The quantitative estimate of drug-likeness (QED) is 0.789. The van der Waals surface area contributed by atoms with Gasteiger partial charge >= 0.3 is 0 Å². The summed E-state index contributed by atoms with van der Waals surface area (Å²) in [7, 11) is 0. The van der Waals surface area contributed by atoms with Crippen molar-refractivity contribution >= 4 is 23.5 Å². The molecule has 2 aromatic carbocycles. The fourth-order valence-corrected chi connectivity index (χ4v) is 3.11. The zero-order valence-corrected chi connectivity index (χ0v) is 15.0. The Morgan fingerprint density at radius 3 is 1.50 bits per heavy atom. The van der Waals surface area contributed by atoms with Crippen LogP contribution >= 0.6 is 0 Å². The Morgan fingerprint density at radius 2 is 1.08 bits per heavy atom. The Bertz CT molecular complexity index is 659. The third kappa shape index (κ3) is 3.53. The van der Waals surface area contributed by atoms with Crippen molar-refractivity contribution in [3.8, 4) is 0 Å². The molecule has 0 atom stereocenters. The molecule has 0 amide bonds. The highest BCUT2D eigenvalue weighted by molar-refractivity contribution is 5.88. The van der Waals surface area contributed by atoms with Crippen LogP contribution in [0.5, 0.6) is 0 Å². The van der Waals surface area contributed by atoms with Crippen molar-refractivity contribution in [3.63, 3.8) is 0 Å². The molecule has 0 aromatic heterocycles. The molecule has 1 aliphatic heterocycles. The number of nitrogens with zero attached hydrogens (tertiary/aromatic N) is 1. The molecule has 24 heavy (non-hydrogen) atoms. The van der Waals surface area contributed by atoms with E-state index in [0.717, 1.165) is 0 Å². The number of nitrogens with one attached hydrogen (secondary N) is 2. The SMILES string of the molecule is CC(C)NC(NC(C)C)N1c2ccccc2C=Cc2ccccc21. The number of anilines is 2. The summed E-state index contributed by atoms with van der Waals surface area (Å²) in [5.41, 5.74) is 4.89. The first-order valence-corrected chi connectivity index (χ1v) is 8.73. The number of fused-ring (bicyclic) bond motifs is 2. The standard InChI is InChI=1S/C21H27N3/c1-15(2)22-21(23-16(3)4)24-19-11-7-5-9-17(19)13-14-18-10-6-8-12-20(18)24/h5-16,21-23H,1-4H3. The molecule has 1 heterocycles. The minimum atomic E-state index is 0.0206. The zero-order valence-electron chi connectivity index (χ0n) is 15.0. The van der Waals surface area contributed by atoms with Crippen molar-refractivity contribution in [2.75, 3.05) is 4.90 Å². The van der Waals surface area contributed by atoms with Crippen molar-refractivity contribution in [3.05, 3.63) is 59.7 Å². The molecule has 0 saturated carbocycles. The van der Waals surface area contributed by atoms with Crippen LogP contribution in [-0.2, 0) is 0 Å². The summed E-state index contributed by atoms with van der Waals surface area (Å²) >= 11 is 0. The first-order chi connectivity index (χ1) is 11.6. The highest BCUT2D eigenvalue weighted by Gasteiger charge is 2.26. The predicted molar refractivity (Wildman–Crippen MR) is 104 cm³/mol. The van der Waals surface area contributed by atoms with Crippen LogP contribution in [0.2, 0.25) is 0 Å². The summed E-state index contributed by atoms with van der Waals surface area (Å²) in [6.45, 7) is 8.73. The zero-order chi connectivity index (χ0) is 17.1. The van der Waals surface area contributed by atoms with E-state index in [1.54, 1.807) is 0 Å². The molecule has 2 aromatic rings. The van der Waals surface area contributed by atoms with E-state index in [9.17, 15) is 0 Å². The maximum atomic E-state index is 3.68. The van der Waals surface area contributed by atoms with Crippen molar-refractivity contribution in [1.29, 1.82) is 0 Å². The van der Waals surface area contributed by atoms with Crippen LogP contribution in [0.15, 0.2) is 48.5 Å². The monoisotopic (exact) mass is 321 g/mol. The van der Waals surface area contributed by atoms with Gasteiger partial charge in [-0.1, -0.05) is 48.6 Å². The van der Waals surface area contributed by atoms with E-state index < -0.39 is 0 Å². The molecular formula is C21H27N3. The van der Waals surface area contributed by atoms with E-state index in [4.69, 9.17) is 0 Å². The lowest BCUT2D eigenvalue weighted by atomic mass is 10.1. The van der Waals surface area contributed by atoms with Crippen LogP contribution in [-0.4, -0.2) is 18.4 Å². The van der Waals surface area contributed by atoms with Crippen LogP contribution in [0.25, 0.3) is 12.2 Å². The Morgan fingerprint density at radius 1 is 0.667 bits per heavy atom. The molecule has 126 valence electrons. The van der Waals surface area contributed by atoms with Gasteiger partial charge in [-0.25, -0.2) is 0 Å². The minimum Gasteiger partial charge on any atom is -0.311 e. The normalized spacial score (nSPS) is 13.4. The smallest absolute Gasteiger partial charge is 0.139 e. The molecular weight excluding hydrogens is 294 g/mol. The van der Waals surface area contributed by atoms with Gasteiger partial charge in [0.2, 0.25) is 0 Å². The van der Waals surface area contributed by atoms with Gasteiger partial charge in [-0.15, -0.1) is 0 Å². The molecule has 3 heteroatoms. The largest absolute Gasteiger partial charge is 0.311 e. The molecule has 0 fully saturated rings. The lowest BCUT2D eigenvalue weighted by Gasteiger charge is -2.38. The van der Waals surface area contributed by atoms with Gasteiger partial charge in [0.15, 0.2) is 0 Å². The van der Waals surface area contributed by atoms with Gasteiger partial charge in [0.25, 0.3) is 0 Å². The molecule has 0 bridgehead atoms. The Balaban J connectivity index is 2.14. The van der Waals surface area contributed by atoms with E-state index >= 15 is 0 Å². The van der Waals surface area contributed by atoms with Gasteiger partial charge in [-0.3, -0.25) is 10.6 Å². The van der Waals surface area contributed by atoms with Gasteiger partial charge in [0.05, 0.1) is 11.4 Å². The number of hydrogen-bond donors (Lipinski definition) is 2. The van der Waals surface area contributed by atoms with Gasteiger partial charge in [0.1, 0.15) is 6.29 Å². The predicted octanol–water partition coefficient (Wildman–Crippen LogP) is 4.59. The summed E-state index contributed by atoms with van der Waals surface area (Å²) in [5.74, 6) is 0. The van der Waals surface area contributed by atoms with Crippen LogP contribution in [0, 0.1) is 0 Å². The van der Waals surface area contributed by atoms with Gasteiger partial charge in [-0.2, -0.15) is 0 Å². The third-order valence-electron chi connectivity index (χ3n) is 4.08. The number of para-hydroxylation sites is 2. The number of hydrogen-bond acceptors (Lipinski definition) is 3. The van der Waals surface area contributed by atoms with E-state index in [1.165, 1.54) is 22.5 Å². The average Bonchev–Trinajstić information content (AvgIpc) is 2.70. The lowest BCUT2D eigenvalue weighted by molar-refractivity contribution is 0.370. The Labute approximate surface area is 145 Å². The van der Waals surface area contributed by atoms with Gasteiger partial charge in [0, 0.05) is 12.1 Å². The summed E-state index contributed by atoms with van der Waals surface area (Å²) in [6.07, 6.45) is 4.43. The molecule has 0 aliphatic carbocycles. The second-order valence-electron chi connectivity index (χ2n) is 6.87. The third-order valence-corrected chi connectivity index (χ3v) is 4.08. The maximum absolute atomic E-state index is 3.68. The highest BCUT2D eigenvalue weighted by atomic mass is 15.4. The van der Waals surface area contributed by atoms with Crippen molar-refractivity contribution < 1.29 is 0 Å². The molecule has 1 aliphatic rings. The van der Waals surface area contributed by atoms with E-state index in [1.807, 2.05) is 0 Å². The second-order valence-corrected chi connectivity index (χ2v) is 6.87. The summed E-state index contributed by atoms with van der Waals surface area (Å²) in [5, 5.41) is 7.35. The molecule has 0 saturated heterocycles. The molecule has 0 radical (unpaired) electrons. The Hall–Kier alpha value is -2.10. The van der Waals surface area contributed by atoms with Crippen LogP contribution in [0.1, 0.15) is 38.8 Å². The van der Waals surface area contributed by atoms with Crippen LogP contribution in [0.4, 0.5) is 11.4 Å². The van der Waals surface area contributed by atoms with Crippen molar-refractivity contribution in [1.82, 2.24) is 10.6 Å². The van der Waals surface area contributed by atoms with Crippen molar-refractivity contribution in [2.45, 2.75) is 46.1 Å². The molecule has 0 unspecified atom stereocenters. The first-order valence-electron chi connectivity index (χ1n) is 8.73. The van der Waals surface area contributed by atoms with E-state index in [0.29, 0.717) is 12.1 Å². The summed E-state index contributed by atoms with van der Waals surface area (Å²) in [6, 6.07) is 17.9. The molecule has 3 nitrogen and oxygen atoms in total. The highest BCUT2D eigenvalue weighted by Crippen LogP contribution is 2.37. The van der Waals surface area contributed by atoms with Crippen LogP contribution in [0.3, 0.4) is 0 Å². The summed E-state index contributed by atoms with van der Waals surface area (Å²) in [4.78, 5) is 2.38. The lowest BCUT2D eigenvalue weighted by Crippen LogP contribution is -2.57. The number of benzene rings is 2. The van der Waals surface area contributed by atoms with E-state index in [2.05, 4.69) is 104 Å². The summed E-state index contributed by atoms with van der Waals surface area (Å²) < 4.78 is 0. The van der Waals surface area contributed by atoms with Crippen molar-refractivity contribution in [2.24, 2.45) is 0 Å². The molecule has 0 spiro atoms. The average molecular weight is 321 g/mol. The molecule has 2 N–H and O–H groups in total. The molecule has 3 rings (SSSR count). The van der Waals surface area contributed by atoms with Gasteiger partial charge in [-0.05, 0) is 51.0 Å². The maximum Gasteiger partial charge on any atom is 0.139 e. The first kappa shape index (κ1) is 16.7. The van der Waals surface area contributed by atoms with Crippen LogP contribution < -0.4 is 15.5 Å². The Kier molecular flexibility index (Phi) is 5.03. The van der Waals surface area contributed by atoms with E-state index in [-0.39, 0.29) is 6.29 Å². The topological polar surface area (TPSA) is 27.3 Å². The fraction of sp³-hybridized carbons (Fsp3) is 0.333. The fourth-order valence-electron chi connectivity index (χ4n) is 3.11. The second kappa shape index (κ2) is 7.20. The number of rotatable bonds is 5. The van der Waals surface area contributed by atoms with Gasteiger partial charge < -0.3 is 4.90 Å².